The average molecular weight is 164 g/mol. The largest absolute Gasteiger partial charge is 0.246 e. The van der Waals surface area contributed by atoms with Gasteiger partial charge in [-0.05, 0) is 11.1 Å². The lowest BCUT2D eigenvalue weighted by atomic mass is 9.85. The summed E-state index contributed by atoms with van der Waals surface area (Å²) in [6.45, 7) is 3.95. The number of hydrogen-bond acceptors (Lipinski definition) is 0. The van der Waals surface area contributed by atoms with Crippen molar-refractivity contribution in [2.24, 2.45) is 0 Å². The molecule has 2 rings (SSSR count). The Labute approximate surface area is 72.4 Å². The van der Waals surface area contributed by atoms with Crippen molar-refractivity contribution in [1.82, 2.24) is 0 Å². The van der Waals surface area contributed by atoms with Gasteiger partial charge >= 0.3 is 0 Å². The standard InChI is InChI=1S/C11H13F/c1-11(2)9-6-4-3-5-8(9)7-10(11)12/h3-6,10H,7H2,1-2H3. The summed E-state index contributed by atoms with van der Waals surface area (Å²) in [6.07, 6.45) is -0.127. The van der Waals surface area contributed by atoms with Gasteiger partial charge in [-0.2, -0.15) is 0 Å². The average Bonchev–Trinajstić information content (AvgIpc) is 2.25. The van der Waals surface area contributed by atoms with Crippen LogP contribution in [0, 0.1) is 0 Å². The molecule has 12 heavy (non-hydrogen) atoms. The Kier molecular flexibility index (Phi) is 1.50. The van der Waals surface area contributed by atoms with E-state index in [0.717, 1.165) is 0 Å². The third-order valence-electron chi connectivity index (χ3n) is 2.89. The number of alkyl halides is 1. The van der Waals surface area contributed by atoms with Crippen molar-refractivity contribution < 1.29 is 4.39 Å². The van der Waals surface area contributed by atoms with E-state index in [1.807, 2.05) is 38.1 Å². The lowest BCUT2D eigenvalue weighted by molar-refractivity contribution is 0.237. The van der Waals surface area contributed by atoms with Gasteiger partial charge in [-0.15, -0.1) is 0 Å². The summed E-state index contributed by atoms with van der Waals surface area (Å²) in [7, 11) is 0. The SMILES string of the molecule is CC1(C)c2ccccc2CC1F. The number of fused-ring (bicyclic) bond motifs is 1. The van der Waals surface area contributed by atoms with Crippen molar-refractivity contribution in [2.45, 2.75) is 31.9 Å². The summed E-state index contributed by atoms with van der Waals surface area (Å²) in [5.41, 5.74) is 2.07. The zero-order valence-corrected chi connectivity index (χ0v) is 7.47. The molecule has 1 heteroatoms. The lowest BCUT2D eigenvalue weighted by Crippen LogP contribution is -2.24. The van der Waals surface area contributed by atoms with Crippen molar-refractivity contribution >= 4 is 0 Å². The highest BCUT2D eigenvalue weighted by molar-refractivity contribution is 5.40. The minimum Gasteiger partial charge on any atom is -0.246 e. The predicted octanol–water partition coefficient (Wildman–Crippen LogP) is 2.86. The molecule has 1 unspecified atom stereocenters. The van der Waals surface area contributed by atoms with Crippen LogP contribution < -0.4 is 0 Å². The minimum absolute atomic E-state index is 0.281. The maximum Gasteiger partial charge on any atom is 0.113 e. The molecule has 1 aliphatic rings. The Morgan fingerprint density at radius 3 is 2.67 bits per heavy atom. The molecule has 0 bridgehead atoms. The molecule has 1 atom stereocenters. The molecular weight excluding hydrogens is 151 g/mol. The first-order valence-electron chi connectivity index (χ1n) is 4.35. The molecule has 64 valence electrons. The van der Waals surface area contributed by atoms with Gasteiger partial charge in [-0.1, -0.05) is 38.1 Å². The van der Waals surface area contributed by atoms with Gasteiger partial charge in [0.2, 0.25) is 0 Å². The summed E-state index contributed by atoms with van der Waals surface area (Å²) in [6, 6.07) is 8.02. The van der Waals surface area contributed by atoms with Crippen LogP contribution in [0.15, 0.2) is 24.3 Å². The Morgan fingerprint density at radius 2 is 2.00 bits per heavy atom. The van der Waals surface area contributed by atoms with Gasteiger partial charge in [0.05, 0.1) is 0 Å². The molecular formula is C11H13F. The van der Waals surface area contributed by atoms with E-state index in [4.69, 9.17) is 0 Å². The first-order valence-corrected chi connectivity index (χ1v) is 4.35. The second-order valence-electron chi connectivity index (χ2n) is 4.05. The van der Waals surface area contributed by atoms with Crippen LogP contribution in [0.25, 0.3) is 0 Å². The Balaban J connectivity index is 2.55. The van der Waals surface area contributed by atoms with Crippen LogP contribution in [0.5, 0.6) is 0 Å². The van der Waals surface area contributed by atoms with E-state index in [0.29, 0.717) is 6.42 Å². The van der Waals surface area contributed by atoms with E-state index in [9.17, 15) is 4.39 Å². The van der Waals surface area contributed by atoms with Gasteiger partial charge in [-0.25, -0.2) is 4.39 Å². The molecule has 0 fully saturated rings. The fourth-order valence-corrected chi connectivity index (χ4v) is 1.94. The third-order valence-corrected chi connectivity index (χ3v) is 2.89. The third kappa shape index (κ3) is 0.889. The van der Waals surface area contributed by atoms with Crippen molar-refractivity contribution in [3.05, 3.63) is 35.4 Å². The van der Waals surface area contributed by atoms with Crippen molar-refractivity contribution in [1.29, 1.82) is 0 Å². The minimum atomic E-state index is -0.713. The fourth-order valence-electron chi connectivity index (χ4n) is 1.94. The molecule has 0 N–H and O–H groups in total. The van der Waals surface area contributed by atoms with Crippen LogP contribution in [0.4, 0.5) is 4.39 Å². The first-order chi connectivity index (χ1) is 5.62. The van der Waals surface area contributed by atoms with E-state index in [1.165, 1.54) is 11.1 Å². The van der Waals surface area contributed by atoms with Crippen molar-refractivity contribution in [2.75, 3.05) is 0 Å². The Morgan fingerprint density at radius 1 is 1.33 bits per heavy atom. The van der Waals surface area contributed by atoms with Gasteiger partial charge < -0.3 is 0 Å². The Hall–Kier alpha value is -0.850. The molecule has 0 aromatic heterocycles. The van der Waals surface area contributed by atoms with E-state index >= 15 is 0 Å². The second kappa shape index (κ2) is 2.32. The molecule has 0 heterocycles. The smallest absolute Gasteiger partial charge is 0.113 e. The molecule has 1 aromatic carbocycles. The van der Waals surface area contributed by atoms with Crippen LogP contribution in [-0.2, 0) is 11.8 Å². The van der Waals surface area contributed by atoms with Crippen LogP contribution in [0.1, 0.15) is 25.0 Å². The summed E-state index contributed by atoms with van der Waals surface area (Å²) < 4.78 is 13.5. The van der Waals surface area contributed by atoms with Gasteiger partial charge in [-0.3, -0.25) is 0 Å². The summed E-state index contributed by atoms with van der Waals surface area (Å²) in [5.74, 6) is 0. The molecule has 1 aliphatic carbocycles. The molecule has 0 radical (unpaired) electrons. The monoisotopic (exact) mass is 164 g/mol. The molecule has 0 saturated heterocycles. The number of hydrogen-bond donors (Lipinski definition) is 0. The molecule has 0 nitrogen and oxygen atoms in total. The topological polar surface area (TPSA) is 0 Å². The molecule has 1 aromatic rings. The fraction of sp³-hybridized carbons (Fsp3) is 0.455. The predicted molar refractivity (Wildman–Crippen MR) is 48.1 cm³/mol. The summed E-state index contributed by atoms with van der Waals surface area (Å²) in [4.78, 5) is 0. The number of rotatable bonds is 0. The quantitative estimate of drug-likeness (QED) is 0.553. The molecule has 0 amide bonds. The lowest BCUT2D eigenvalue weighted by Gasteiger charge is -2.21. The van der Waals surface area contributed by atoms with Crippen molar-refractivity contribution in [3.63, 3.8) is 0 Å². The second-order valence-corrected chi connectivity index (χ2v) is 4.05. The summed E-state index contributed by atoms with van der Waals surface area (Å²) >= 11 is 0. The highest BCUT2D eigenvalue weighted by Crippen LogP contribution is 2.39. The van der Waals surface area contributed by atoms with Crippen LogP contribution in [0.2, 0.25) is 0 Å². The van der Waals surface area contributed by atoms with Gasteiger partial charge in [0.15, 0.2) is 0 Å². The zero-order valence-electron chi connectivity index (χ0n) is 7.47. The van der Waals surface area contributed by atoms with Crippen LogP contribution in [-0.4, -0.2) is 6.17 Å². The normalized spacial score (nSPS) is 25.4. The number of halogens is 1. The number of benzene rings is 1. The Bertz CT molecular complexity index is 302. The summed E-state index contributed by atoms with van der Waals surface area (Å²) in [5, 5.41) is 0. The van der Waals surface area contributed by atoms with Crippen LogP contribution in [0.3, 0.4) is 0 Å². The highest BCUT2D eigenvalue weighted by atomic mass is 19.1. The van der Waals surface area contributed by atoms with Gasteiger partial charge in [0.1, 0.15) is 6.17 Å². The molecule has 0 spiro atoms. The van der Waals surface area contributed by atoms with E-state index in [2.05, 4.69) is 0 Å². The first kappa shape index (κ1) is 7.78. The van der Waals surface area contributed by atoms with Gasteiger partial charge in [0.25, 0.3) is 0 Å². The van der Waals surface area contributed by atoms with E-state index in [1.54, 1.807) is 0 Å². The van der Waals surface area contributed by atoms with Crippen LogP contribution >= 0.6 is 0 Å². The maximum absolute atomic E-state index is 13.5. The zero-order chi connectivity index (χ0) is 8.77. The van der Waals surface area contributed by atoms with Crippen molar-refractivity contribution in [3.8, 4) is 0 Å². The van der Waals surface area contributed by atoms with Gasteiger partial charge in [0, 0.05) is 11.8 Å². The molecule has 0 aliphatic heterocycles. The maximum atomic E-state index is 13.5. The highest BCUT2D eigenvalue weighted by Gasteiger charge is 2.39. The van der Waals surface area contributed by atoms with E-state index < -0.39 is 6.17 Å². The molecule has 0 saturated carbocycles. The van der Waals surface area contributed by atoms with E-state index in [-0.39, 0.29) is 5.41 Å².